The topological polar surface area (TPSA) is 111 Å². The summed E-state index contributed by atoms with van der Waals surface area (Å²) in [5.74, 6) is 1.42. The van der Waals surface area contributed by atoms with Crippen LogP contribution in [0.3, 0.4) is 0 Å². The lowest BCUT2D eigenvalue weighted by Crippen LogP contribution is -2.17. The van der Waals surface area contributed by atoms with E-state index in [0.717, 1.165) is 5.56 Å². The van der Waals surface area contributed by atoms with Gasteiger partial charge in [0.1, 0.15) is 5.82 Å². The number of carbonyl (C=O) groups is 1. The Hall–Kier alpha value is -3.88. The van der Waals surface area contributed by atoms with Gasteiger partial charge in [-0.3, -0.25) is 14.6 Å². The third kappa shape index (κ3) is 4.70. The van der Waals surface area contributed by atoms with Crippen molar-refractivity contribution < 1.29 is 14.3 Å². The number of hydrogen-bond acceptors (Lipinski definition) is 6. The predicted molar refractivity (Wildman–Crippen MR) is 109 cm³/mol. The fraction of sp³-hybridized carbons (Fsp3) is 0.200. The molecule has 3 rings (SSSR count). The molecule has 2 heterocycles. The maximum Gasteiger partial charge on any atom is 0.252 e. The zero-order valence-corrected chi connectivity index (χ0v) is 16.5. The summed E-state index contributed by atoms with van der Waals surface area (Å²) in [5.41, 5.74) is 1.68. The van der Waals surface area contributed by atoms with E-state index in [0.29, 0.717) is 28.7 Å². The van der Waals surface area contributed by atoms with Crippen LogP contribution in [0.15, 0.2) is 41.2 Å². The maximum atomic E-state index is 12.4. The fourth-order valence-corrected chi connectivity index (χ4v) is 2.71. The van der Waals surface area contributed by atoms with Crippen LogP contribution in [-0.2, 0) is 4.79 Å². The monoisotopic (exact) mass is 395 g/mol. The van der Waals surface area contributed by atoms with E-state index in [-0.39, 0.29) is 17.4 Å². The lowest BCUT2D eigenvalue weighted by atomic mass is 10.2. The van der Waals surface area contributed by atoms with Crippen LogP contribution in [0, 0.1) is 13.8 Å². The molecule has 0 atom stereocenters. The molecule has 1 amide bonds. The van der Waals surface area contributed by atoms with E-state index in [9.17, 15) is 9.59 Å². The summed E-state index contributed by atoms with van der Waals surface area (Å²) < 4.78 is 11.8. The number of aromatic amines is 1. The van der Waals surface area contributed by atoms with Gasteiger partial charge in [0, 0.05) is 23.9 Å². The van der Waals surface area contributed by atoms with Crippen molar-refractivity contribution in [2.45, 2.75) is 13.8 Å². The number of nitrogens with zero attached hydrogens (tertiary/aromatic N) is 3. The first-order chi connectivity index (χ1) is 13.9. The molecule has 150 valence electrons. The Morgan fingerprint density at radius 1 is 1.10 bits per heavy atom. The zero-order chi connectivity index (χ0) is 21.0. The largest absolute Gasteiger partial charge is 0.493 e. The number of H-pyrrole nitrogens is 1. The van der Waals surface area contributed by atoms with Gasteiger partial charge >= 0.3 is 0 Å². The first kappa shape index (κ1) is 19.9. The molecule has 0 saturated heterocycles. The van der Waals surface area contributed by atoms with E-state index in [1.807, 2.05) is 0 Å². The third-order valence-corrected chi connectivity index (χ3v) is 3.98. The highest BCUT2D eigenvalue weighted by atomic mass is 16.5. The molecule has 0 radical (unpaired) electrons. The van der Waals surface area contributed by atoms with Crippen molar-refractivity contribution in [2.24, 2.45) is 0 Å². The molecule has 0 aliphatic rings. The number of methoxy groups -OCH3 is 2. The van der Waals surface area contributed by atoms with E-state index >= 15 is 0 Å². The number of nitrogens with one attached hydrogen (secondary N) is 2. The molecule has 0 unspecified atom stereocenters. The molecule has 9 heteroatoms. The Morgan fingerprint density at radius 3 is 2.55 bits per heavy atom. The summed E-state index contributed by atoms with van der Waals surface area (Å²) >= 11 is 0. The Bertz CT molecular complexity index is 1130. The zero-order valence-electron chi connectivity index (χ0n) is 16.5. The molecule has 0 aliphatic heterocycles. The van der Waals surface area contributed by atoms with Crippen LogP contribution in [0.5, 0.6) is 11.5 Å². The summed E-state index contributed by atoms with van der Waals surface area (Å²) in [5, 5.41) is 7.04. The number of hydrogen-bond donors (Lipinski definition) is 2. The van der Waals surface area contributed by atoms with Gasteiger partial charge in [-0.1, -0.05) is 6.07 Å². The van der Waals surface area contributed by atoms with Crippen LogP contribution in [0.4, 0.5) is 5.82 Å². The summed E-state index contributed by atoms with van der Waals surface area (Å²) in [4.78, 5) is 31.0. The number of benzene rings is 1. The van der Waals surface area contributed by atoms with Gasteiger partial charge in [0.15, 0.2) is 11.5 Å². The van der Waals surface area contributed by atoms with Crippen molar-refractivity contribution in [1.29, 1.82) is 0 Å². The highest BCUT2D eigenvalue weighted by Crippen LogP contribution is 2.28. The number of ether oxygens (including phenoxy) is 2. The number of rotatable bonds is 6. The second kappa shape index (κ2) is 8.42. The molecule has 0 fully saturated rings. The van der Waals surface area contributed by atoms with Crippen LogP contribution in [0.25, 0.3) is 12.0 Å². The molecule has 0 saturated carbocycles. The van der Waals surface area contributed by atoms with Crippen molar-refractivity contribution in [3.8, 4) is 17.4 Å². The minimum atomic E-state index is -0.365. The lowest BCUT2D eigenvalue weighted by Gasteiger charge is -2.08. The van der Waals surface area contributed by atoms with Crippen LogP contribution >= 0.6 is 0 Å². The second-order valence-electron chi connectivity index (χ2n) is 6.23. The molecule has 1 aromatic carbocycles. The number of aryl methyl sites for hydroxylation is 2. The molecule has 2 aromatic heterocycles. The van der Waals surface area contributed by atoms with Crippen LogP contribution in [-0.4, -0.2) is 39.9 Å². The average molecular weight is 395 g/mol. The fourth-order valence-electron chi connectivity index (χ4n) is 2.71. The molecule has 3 aromatic rings. The van der Waals surface area contributed by atoms with E-state index < -0.39 is 0 Å². The van der Waals surface area contributed by atoms with Crippen LogP contribution in [0.2, 0.25) is 0 Å². The van der Waals surface area contributed by atoms with E-state index in [1.54, 1.807) is 58.4 Å². The van der Waals surface area contributed by atoms with Gasteiger partial charge in [-0.15, -0.1) is 0 Å². The first-order valence-electron chi connectivity index (χ1n) is 8.75. The SMILES string of the molecule is COc1ccc(C=CC(=O)Nc2cc(C)nn2-c2nc(C)cc(=O)[nH]2)cc1OC. The Balaban J connectivity index is 1.81. The van der Waals surface area contributed by atoms with Gasteiger partial charge in [0.05, 0.1) is 19.9 Å². The number of anilines is 1. The minimum Gasteiger partial charge on any atom is -0.493 e. The Labute approximate surface area is 167 Å². The number of amides is 1. The second-order valence-corrected chi connectivity index (χ2v) is 6.23. The summed E-state index contributed by atoms with van der Waals surface area (Å²) in [7, 11) is 3.10. The molecule has 0 bridgehead atoms. The maximum absolute atomic E-state index is 12.4. The summed E-state index contributed by atoms with van der Waals surface area (Å²) in [6.07, 6.45) is 3.04. The third-order valence-electron chi connectivity index (χ3n) is 3.98. The Morgan fingerprint density at radius 2 is 1.86 bits per heavy atom. The molecule has 0 spiro atoms. The van der Waals surface area contributed by atoms with Crippen molar-refractivity contribution in [3.63, 3.8) is 0 Å². The van der Waals surface area contributed by atoms with E-state index in [4.69, 9.17) is 9.47 Å². The van der Waals surface area contributed by atoms with Crippen molar-refractivity contribution in [1.82, 2.24) is 19.7 Å². The minimum absolute atomic E-state index is 0.224. The van der Waals surface area contributed by atoms with Gasteiger partial charge in [0.25, 0.3) is 5.56 Å². The van der Waals surface area contributed by atoms with Crippen molar-refractivity contribution >= 4 is 17.8 Å². The molecular formula is C20H21N5O4. The molecule has 29 heavy (non-hydrogen) atoms. The van der Waals surface area contributed by atoms with Gasteiger partial charge in [-0.05, 0) is 37.6 Å². The summed E-state index contributed by atoms with van der Waals surface area (Å²) in [6.45, 7) is 3.48. The predicted octanol–water partition coefficient (Wildman–Crippen LogP) is 2.24. The highest BCUT2D eigenvalue weighted by molar-refractivity contribution is 6.01. The highest BCUT2D eigenvalue weighted by Gasteiger charge is 2.12. The van der Waals surface area contributed by atoms with Crippen molar-refractivity contribution in [3.05, 3.63) is 63.7 Å². The normalized spacial score (nSPS) is 10.9. The standard InChI is InChI=1S/C20H21N5O4/c1-12-10-19(27)23-20(21-12)25-17(9-13(2)24-25)22-18(26)8-6-14-5-7-15(28-3)16(11-14)29-4/h5-11H,1-4H3,(H,22,26)(H,21,23,27). The molecule has 0 aliphatic carbocycles. The van der Waals surface area contributed by atoms with Crippen LogP contribution in [0.1, 0.15) is 17.0 Å². The van der Waals surface area contributed by atoms with Gasteiger partial charge < -0.3 is 14.8 Å². The van der Waals surface area contributed by atoms with E-state index in [1.165, 1.54) is 16.8 Å². The quantitative estimate of drug-likeness (QED) is 0.619. The molecule has 2 N–H and O–H groups in total. The van der Waals surface area contributed by atoms with Gasteiger partial charge in [0.2, 0.25) is 11.9 Å². The van der Waals surface area contributed by atoms with Gasteiger partial charge in [-0.25, -0.2) is 4.98 Å². The average Bonchev–Trinajstić information content (AvgIpc) is 3.05. The van der Waals surface area contributed by atoms with Crippen molar-refractivity contribution in [2.75, 3.05) is 19.5 Å². The number of aromatic nitrogens is 4. The molecular weight excluding hydrogens is 374 g/mol. The smallest absolute Gasteiger partial charge is 0.252 e. The molecule has 9 nitrogen and oxygen atoms in total. The van der Waals surface area contributed by atoms with Gasteiger partial charge in [-0.2, -0.15) is 9.78 Å². The summed E-state index contributed by atoms with van der Waals surface area (Å²) in [6, 6.07) is 8.39. The van der Waals surface area contributed by atoms with Crippen LogP contribution < -0.4 is 20.3 Å². The first-order valence-corrected chi connectivity index (χ1v) is 8.75. The lowest BCUT2D eigenvalue weighted by molar-refractivity contribution is -0.111. The van der Waals surface area contributed by atoms with E-state index in [2.05, 4.69) is 20.4 Å². The Kier molecular flexibility index (Phi) is 5.77. The number of carbonyl (C=O) groups excluding carboxylic acids is 1.